The normalized spacial score (nSPS) is 26.7. The van der Waals surface area contributed by atoms with E-state index < -0.39 is 17.9 Å². The number of benzene rings is 1. The molecule has 126 valence electrons. The summed E-state index contributed by atoms with van der Waals surface area (Å²) in [6.45, 7) is 0. The summed E-state index contributed by atoms with van der Waals surface area (Å²) < 4.78 is 41.8. The molecule has 1 N–H and O–H groups in total. The second kappa shape index (κ2) is 5.27. The zero-order valence-corrected chi connectivity index (χ0v) is 13.4. The van der Waals surface area contributed by atoms with Crippen molar-refractivity contribution in [2.24, 2.45) is 4.99 Å². The topological polar surface area (TPSA) is 44.7 Å². The summed E-state index contributed by atoms with van der Waals surface area (Å²) >= 11 is 1.19. The number of fused-ring (bicyclic) bond motifs is 2. The molecular formula is C16H14F3N3OS. The van der Waals surface area contributed by atoms with Gasteiger partial charge in [-0.1, -0.05) is 42.1 Å². The Morgan fingerprint density at radius 1 is 1.17 bits per heavy atom. The lowest BCUT2D eigenvalue weighted by Gasteiger charge is -2.39. The number of halogens is 3. The van der Waals surface area contributed by atoms with E-state index in [0.717, 1.165) is 29.9 Å². The Morgan fingerprint density at radius 3 is 2.58 bits per heavy atom. The lowest BCUT2D eigenvalue weighted by atomic mass is 9.98. The smallest absolute Gasteiger partial charge is 0.301 e. The molecule has 2 heterocycles. The Bertz CT molecular complexity index is 760. The van der Waals surface area contributed by atoms with Crippen LogP contribution in [0.25, 0.3) is 0 Å². The first-order valence-corrected chi connectivity index (χ1v) is 8.48. The number of urea groups is 1. The first-order chi connectivity index (χ1) is 11.4. The van der Waals surface area contributed by atoms with Crippen LogP contribution >= 0.6 is 11.8 Å². The van der Waals surface area contributed by atoms with Crippen LogP contribution in [0.1, 0.15) is 31.2 Å². The molecule has 2 amide bonds. The standard InChI is InChI=1S/C16H14F3N3OS/c17-16(18,19)15(10-6-2-1-3-7-10)20-13(23)22-11-8-4-5-9-12(11)24-14(22)21-15/h1-3,6-7H,4-5,8-9H2,(H,20,23)/t15-/m0/s1. The molecule has 0 unspecified atom stereocenters. The monoisotopic (exact) mass is 353 g/mol. The molecule has 0 saturated carbocycles. The van der Waals surface area contributed by atoms with E-state index in [0.29, 0.717) is 6.42 Å². The summed E-state index contributed by atoms with van der Waals surface area (Å²) in [5.74, 6) is 0. The lowest BCUT2D eigenvalue weighted by Crippen LogP contribution is -2.62. The first kappa shape index (κ1) is 15.6. The quantitative estimate of drug-likeness (QED) is 0.817. The summed E-state index contributed by atoms with van der Waals surface area (Å²) in [5.41, 5.74) is -2.03. The van der Waals surface area contributed by atoms with E-state index in [4.69, 9.17) is 0 Å². The third-order valence-corrected chi connectivity index (χ3v) is 5.56. The number of amides is 2. The zero-order valence-electron chi connectivity index (χ0n) is 12.6. The number of amidine groups is 1. The number of carbonyl (C=O) groups excluding carboxylic acids is 1. The van der Waals surface area contributed by atoms with Gasteiger partial charge in [0.2, 0.25) is 0 Å². The molecule has 24 heavy (non-hydrogen) atoms. The van der Waals surface area contributed by atoms with Crippen LogP contribution in [0.3, 0.4) is 0 Å². The number of carbonyl (C=O) groups is 1. The molecule has 3 aliphatic rings. The van der Waals surface area contributed by atoms with Crippen molar-refractivity contribution in [3.8, 4) is 0 Å². The SMILES string of the molecule is O=C1N[C@](c2ccccc2)(C(F)(F)F)N=C2SC3=C(CCCC3)N12. The van der Waals surface area contributed by atoms with Gasteiger partial charge in [0.1, 0.15) is 0 Å². The van der Waals surface area contributed by atoms with E-state index in [1.54, 1.807) is 6.07 Å². The maximum atomic E-state index is 13.9. The van der Waals surface area contributed by atoms with Gasteiger partial charge in [-0.25, -0.2) is 14.7 Å². The van der Waals surface area contributed by atoms with Crippen LogP contribution < -0.4 is 5.32 Å². The second-order valence-electron chi connectivity index (χ2n) is 5.91. The molecule has 0 saturated heterocycles. The number of nitrogens with one attached hydrogen (secondary N) is 1. The fourth-order valence-electron chi connectivity index (χ4n) is 3.26. The molecule has 0 spiro atoms. The van der Waals surface area contributed by atoms with Crippen molar-refractivity contribution in [2.45, 2.75) is 37.5 Å². The number of alkyl halides is 3. The minimum absolute atomic E-state index is 0.0940. The van der Waals surface area contributed by atoms with Gasteiger partial charge in [-0.15, -0.1) is 0 Å². The molecule has 1 aromatic rings. The summed E-state index contributed by atoms with van der Waals surface area (Å²) in [6, 6.07) is 6.54. The van der Waals surface area contributed by atoms with E-state index in [-0.39, 0.29) is 10.7 Å². The number of hydrogen-bond acceptors (Lipinski definition) is 3. The Balaban J connectivity index is 1.85. The lowest BCUT2D eigenvalue weighted by molar-refractivity contribution is -0.196. The first-order valence-electron chi connectivity index (χ1n) is 7.67. The molecular weight excluding hydrogens is 339 g/mol. The number of thioether (sulfide) groups is 1. The minimum atomic E-state index is -4.74. The van der Waals surface area contributed by atoms with Crippen molar-refractivity contribution in [3.63, 3.8) is 0 Å². The van der Waals surface area contributed by atoms with Gasteiger partial charge in [0.25, 0.3) is 5.66 Å². The van der Waals surface area contributed by atoms with Gasteiger partial charge in [-0.05, 0) is 25.7 Å². The van der Waals surface area contributed by atoms with Crippen molar-refractivity contribution < 1.29 is 18.0 Å². The van der Waals surface area contributed by atoms with Crippen LogP contribution in [0.4, 0.5) is 18.0 Å². The van der Waals surface area contributed by atoms with Gasteiger partial charge >= 0.3 is 12.2 Å². The third-order valence-electron chi connectivity index (χ3n) is 4.42. The highest BCUT2D eigenvalue weighted by Gasteiger charge is 2.61. The molecule has 0 fully saturated rings. The summed E-state index contributed by atoms with van der Waals surface area (Å²) in [6.07, 6.45) is -1.35. The van der Waals surface area contributed by atoms with Crippen LogP contribution in [0.2, 0.25) is 0 Å². The number of aliphatic imine (C=N–C) groups is 1. The Kier molecular flexibility index (Phi) is 3.42. The highest BCUT2D eigenvalue weighted by atomic mass is 32.2. The van der Waals surface area contributed by atoms with Crippen molar-refractivity contribution in [2.75, 3.05) is 0 Å². The number of nitrogens with zero attached hydrogens (tertiary/aromatic N) is 2. The predicted octanol–water partition coefficient (Wildman–Crippen LogP) is 4.32. The maximum absolute atomic E-state index is 13.9. The van der Waals surface area contributed by atoms with Gasteiger partial charge in [0.15, 0.2) is 5.17 Å². The van der Waals surface area contributed by atoms with Gasteiger partial charge in [0, 0.05) is 16.2 Å². The molecule has 1 aromatic carbocycles. The van der Waals surface area contributed by atoms with Crippen LogP contribution in [0.5, 0.6) is 0 Å². The Morgan fingerprint density at radius 2 is 1.88 bits per heavy atom. The summed E-state index contributed by atoms with van der Waals surface area (Å²) in [7, 11) is 0. The zero-order chi connectivity index (χ0) is 16.9. The van der Waals surface area contributed by atoms with Crippen LogP contribution in [0.15, 0.2) is 45.9 Å². The number of rotatable bonds is 1. The van der Waals surface area contributed by atoms with Gasteiger partial charge in [-0.2, -0.15) is 13.2 Å². The van der Waals surface area contributed by atoms with Crippen molar-refractivity contribution in [3.05, 3.63) is 46.5 Å². The average molecular weight is 353 g/mol. The summed E-state index contributed by atoms with van der Waals surface area (Å²) in [4.78, 5) is 18.8. The highest BCUT2D eigenvalue weighted by molar-refractivity contribution is 8.17. The Labute approximate surface area is 140 Å². The van der Waals surface area contributed by atoms with Crippen molar-refractivity contribution in [1.82, 2.24) is 10.2 Å². The van der Waals surface area contributed by atoms with E-state index >= 15 is 0 Å². The Hall–Kier alpha value is -1.96. The molecule has 8 heteroatoms. The largest absolute Gasteiger partial charge is 0.436 e. The van der Waals surface area contributed by atoms with E-state index in [1.165, 1.54) is 40.9 Å². The third kappa shape index (κ3) is 2.16. The molecule has 0 bridgehead atoms. The van der Waals surface area contributed by atoms with Crippen LogP contribution in [-0.2, 0) is 5.66 Å². The molecule has 0 aromatic heterocycles. The van der Waals surface area contributed by atoms with E-state index in [1.807, 2.05) is 0 Å². The maximum Gasteiger partial charge on any atom is 0.436 e. The van der Waals surface area contributed by atoms with Gasteiger partial charge in [-0.3, -0.25) is 0 Å². The molecule has 0 radical (unpaired) electrons. The number of hydrogen-bond donors (Lipinski definition) is 1. The molecule has 4 rings (SSSR count). The van der Waals surface area contributed by atoms with E-state index in [2.05, 4.69) is 10.3 Å². The van der Waals surface area contributed by atoms with Gasteiger partial charge in [0.05, 0.1) is 0 Å². The van der Waals surface area contributed by atoms with Crippen molar-refractivity contribution in [1.29, 1.82) is 0 Å². The second-order valence-corrected chi connectivity index (χ2v) is 6.98. The van der Waals surface area contributed by atoms with Crippen LogP contribution in [0, 0.1) is 0 Å². The van der Waals surface area contributed by atoms with Gasteiger partial charge < -0.3 is 5.32 Å². The average Bonchev–Trinajstić information content (AvgIpc) is 2.93. The molecule has 1 atom stereocenters. The van der Waals surface area contributed by atoms with Crippen LogP contribution in [-0.4, -0.2) is 22.3 Å². The fourth-order valence-corrected chi connectivity index (χ4v) is 4.50. The minimum Gasteiger partial charge on any atom is -0.301 e. The molecule has 1 aliphatic carbocycles. The van der Waals surface area contributed by atoms with E-state index in [9.17, 15) is 18.0 Å². The molecule has 4 nitrogen and oxygen atoms in total. The van der Waals surface area contributed by atoms with Crippen molar-refractivity contribution >= 4 is 23.0 Å². The molecule has 2 aliphatic heterocycles. The fraction of sp³-hybridized carbons (Fsp3) is 0.375. The predicted molar refractivity (Wildman–Crippen MR) is 85.1 cm³/mol. The summed E-state index contributed by atoms with van der Waals surface area (Å²) in [5, 5.41) is 2.24. The number of allylic oxidation sites excluding steroid dienone is 2. The highest BCUT2D eigenvalue weighted by Crippen LogP contribution is 2.49.